The highest BCUT2D eigenvalue weighted by Gasteiger charge is 2.28. The Kier molecular flexibility index (Phi) is 3.75. The second kappa shape index (κ2) is 5.28. The molecular weight excluding hydrogens is 200 g/mol. The first kappa shape index (κ1) is 11.4. The number of benzene rings is 1. The average Bonchev–Trinajstić information content (AvgIpc) is 2.39. The van der Waals surface area contributed by atoms with Gasteiger partial charge in [-0.1, -0.05) is 36.4 Å². The minimum atomic E-state index is -0.109. The maximum atomic E-state index is 5.70. The van der Waals surface area contributed by atoms with E-state index in [-0.39, 0.29) is 12.4 Å². The molecule has 1 aromatic rings. The number of hydrogen-bond donors (Lipinski definition) is 0. The summed E-state index contributed by atoms with van der Waals surface area (Å²) in [6, 6.07) is 10.5. The molecule has 2 rings (SSSR count). The summed E-state index contributed by atoms with van der Waals surface area (Å²) in [5.41, 5.74) is 1.36. The van der Waals surface area contributed by atoms with Gasteiger partial charge in [-0.15, -0.1) is 6.58 Å². The molecule has 1 aliphatic heterocycles. The van der Waals surface area contributed by atoms with Crippen LogP contribution in [0.2, 0.25) is 0 Å². The van der Waals surface area contributed by atoms with Crippen LogP contribution in [-0.4, -0.2) is 19.5 Å². The van der Waals surface area contributed by atoms with Crippen molar-refractivity contribution in [2.24, 2.45) is 0 Å². The summed E-state index contributed by atoms with van der Waals surface area (Å²) in [4.78, 5) is 0. The third-order valence-corrected chi connectivity index (χ3v) is 3.12. The van der Waals surface area contributed by atoms with Gasteiger partial charge in [0, 0.05) is 13.5 Å². The van der Waals surface area contributed by atoms with Crippen molar-refractivity contribution in [2.45, 2.75) is 31.2 Å². The minimum absolute atomic E-state index is 0.101. The van der Waals surface area contributed by atoms with Gasteiger partial charge in [-0.2, -0.15) is 0 Å². The molecule has 1 saturated heterocycles. The number of rotatable bonds is 3. The molecule has 3 atom stereocenters. The van der Waals surface area contributed by atoms with Gasteiger partial charge in [0.15, 0.2) is 6.29 Å². The van der Waals surface area contributed by atoms with Gasteiger partial charge >= 0.3 is 0 Å². The monoisotopic (exact) mass is 218 g/mol. The van der Waals surface area contributed by atoms with Crippen molar-refractivity contribution in [3.63, 3.8) is 0 Å². The van der Waals surface area contributed by atoms with Crippen molar-refractivity contribution in [2.75, 3.05) is 7.11 Å². The van der Waals surface area contributed by atoms with Crippen LogP contribution in [-0.2, 0) is 9.47 Å². The number of hydrogen-bond acceptors (Lipinski definition) is 2. The normalized spacial score (nSPS) is 29.9. The maximum Gasteiger partial charge on any atom is 0.158 e. The molecule has 0 aromatic heterocycles. The van der Waals surface area contributed by atoms with Crippen molar-refractivity contribution >= 4 is 0 Å². The van der Waals surface area contributed by atoms with Crippen LogP contribution >= 0.6 is 0 Å². The second-order valence-corrected chi connectivity index (χ2v) is 4.15. The fourth-order valence-corrected chi connectivity index (χ4v) is 2.22. The molecule has 0 spiro atoms. The van der Waals surface area contributed by atoms with Gasteiger partial charge in [0.2, 0.25) is 0 Å². The Labute approximate surface area is 96.9 Å². The molecule has 0 saturated carbocycles. The Bertz CT molecular complexity index is 334. The smallest absolute Gasteiger partial charge is 0.158 e. The predicted molar refractivity (Wildman–Crippen MR) is 64.3 cm³/mol. The summed E-state index contributed by atoms with van der Waals surface area (Å²) in [5, 5.41) is 0. The van der Waals surface area contributed by atoms with Crippen LogP contribution in [0.4, 0.5) is 0 Å². The Hall–Kier alpha value is -1.12. The van der Waals surface area contributed by atoms with Crippen molar-refractivity contribution in [1.29, 1.82) is 0 Å². The van der Waals surface area contributed by atoms with Crippen LogP contribution in [0.3, 0.4) is 0 Å². The molecule has 1 heterocycles. The van der Waals surface area contributed by atoms with E-state index in [2.05, 4.69) is 30.8 Å². The van der Waals surface area contributed by atoms with E-state index in [1.807, 2.05) is 12.1 Å². The lowest BCUT2D eigenvalue weighted by atomic mass is 9.88. The zero-order valence-electron chi connectivity index (χ0n) is 9.63. The lowest BCUT2D eigenvalue weighted by Crippen LogP contribution is -2.31. The van der Waals surface area contributed by atoms with E-state index < -0.39 is 0 Å². The third-order valence-electron chi connectivity index (χ3n) is 3.12. The van der Waals surface area contributed by atoms with E-state index >= 15 is 0 Å². The summed E-state index contributed by atoms with van der Waals surface area (Å²) in [6.45, 7) is 3.80. The van der Waals surface area contributed by atoms with E-state index in [1.54, 1.807) is 7.11 Å². The molecular formula is C14H18O2. The van der Waals surface area contributed by atoms with E-state index in [0.717, 1.165) is 12.8 Å². The molecule has 1 aromatic carbocycles. The average molecular weight is 218 g/mol. The highest BCUT2D eigenvalue weighted by Crippen LogP contribution is 2.33. The summed E-state index contributed by atoms with van der Waals surface area (Å²) < 4.78 is 11.0. The molecule has 1 fully saturated rings. The van der Waals surface area contributed by atoms with Crippen LogP contribution < -0.4 is 0 Å². The molecule has 0 unspecified atom stereocenters. The quantitative estimate of drug-likeness (QED) is 0.726. The maximum absolute atomic E-state index is 5.70. The second-order valence-electron chi connectivity index (χ2n) is 4.15. The first-order chi connectivity index (χ1) is 7.83. The van der Waals surface area contributed by atoms with Crippen molar-refractivity contribution in [1.82, 2.24) is 0 Å². The number of ether oxygens (including phenoxy) is 2. The molecule has 16 heavy (non-hydrogen) atoms. The Morgan fingerprint density at radius 1 is 1.31 bits per heavy atom. The predicted octanol–water partition coefficient (Wildman–Crippen LogP) is 3.11. The van der Waals surface area contributed by atoms with Crippen LogP contribution in [0.5, 0.6) is 0 Å². The van der Waals surface area contributed by atoms with Gasteiger partial charge in [-0.25, -0.2) is 0 Å². The van der Waals surface area contributed by atoms with E-state index in [9.17, 15) is 0 Å². The van der Waals surface area contributed by atoms with Gasteiger partial charge in [0.05, 0.1) is 6.10 Å². The SMILES string of the molecule is C=C[C@H]1C[C@@H](c2ccccc2)C[C@H](OC)O1. The minimum Gasteiger partial charge on any atom is -0.356 e. The molecule has 0 radical (unpaired) electrons. The van der Waals surface area contributed by atoms with E-state index in [1.165, 1.54) is 5.56 Å². The van der Waals surface area contributed by atoms with Gasteiger partial charge in [-0.05, 0) is 17.9 Å². The summed E-state index contributed by atoms with van der Waals surface area (Å²) in [7, 11) is 1.69. The fraction of sp³-hybridized carbons (Fsp3) is 0.429. The van der Waals surface area contributed by atoms with Crippen molar-refractivity contribution < 1.29 is 9.47 Å². The van der Waals surface area contributed by atoms with Gasteiger partial charge in [0.1, 0.15) is 0 Å². The molecule has 2 heteroatoms. The van der Waals surface area contributed by atoms with Gasteiger partial charge < -0.3 is 9.47 Å². The molecule has 0 aliphatic carbocycles. The highest BCUT2D eigenvalue weighted by molar-refractivity contribution is 5.20. The first-order valence-corrected chi connectivity index (χ1v) is 5.69. The number of methoxy groups -OCH3 is 1. The highest BCUT2D eigenvalue weighted by atomic mass is 16.7. The molecule has 1 aliphatic rings. The van der Waals surface area contributed by atoms with Crippen molar-refractivity contribution in [3.8, 4) is 0 Å². The van der Waals surface area contributed by atoms with Crippen LogP contribution in [0, 0.1) is 0 Å². The summed E-state index contributed by atoms with van der Waals surface area (Å²) >= 11 is 0. The topological polar surface area (TPSA) is 18.5 Å². The first-order valence-electron chi connectivity index (χ1n) is 5.69. The molecule has 2 nitrogen and oxygen atoms in total. The Morgan fingerprint density at radius 2 is 2.06 bits per heavy atom. The van der Waals surface area contributed by atoms with Crippen LogP contribution in [0.25, 0.3) is 0 Å². The fourth-order valence-electron chi connectivity index (χ4n) is 2.22. The van der Waals surface area contributed by atoms with Gasteiger partial charge in [-0.3, -0.25) is 0 Å². The zero-order chi connectivity index (χ0) is 11.4. The van der Waals surface area contributed by atoms with Crippen molar-refractivity contribution in [3.05, 3.63) is 48.6 Å². The van der Waals surface area contributed by atoms with E-state index in [4.69, 9.17) is 9.47 Å². The largest absolute Gasteiger partial charge is 0.356 e. The molecule has 86 valence electrons. The van der Waals surface area contributed by atoms with Crippen LogP contribution in [0.1, 0.15) is 24.3 Å². The standard InChI is InChI=1S/C14H18O2/c1-3-13-9-12(10-14(15-2)16-13)11-7-5-4-6-8-11/h3-8,12-14H,1,9-10H2,2H3/t12-,13+,14-/m1/s1. The Balaban J connectivity index is 2.12. The molecule has 0 bridgehead atoms. The molecule has 0 N–H and O–H groups in total. The molecule has 0 amide bonds. The lowest BCUT2D eigenvalue weighted by Gasteiger charge is -2.33. The van der Waals surface area contributed by atoms with Crippen LogP contribution in [0.15, 0.2) is 43.0 Å². The zero-order valence-corrected chi connectivity index (χ0v) is 9.63. The van der Waals surface area contributed by atoms with Gasteiger partial charge in [0.25, 0.3) is 0 Å². The summed E-state index contributed by atoms with van der Waals surface area (Å²) in [6.07, 6.45) is 3.77. The van der Waals surface area contributed by atoms with E-state index in [0.29, 0.717) is 5.92 Å². The lowest BCUT2D eigenvalue weighted by molar-refractivity contribution is -0.172. The Morgan fingerprint density at radius 3 is 2.69 bits per heavy atom. The summed E-state index contributed by atoms with van der Waals surface area (Å²) in [5.74, 6) is 0.503. The third kappa shape index (κ3) is 2.52.